The molecule has 1 aromatic carbocycles. The number of hydrazone groups is 1. The van der Waals surface area contributed by atoms with Crippen LogP contribution in [0.25, 0.3) is 0 Å². The highest BCUT2D eigenvalue weighted by molar-refractivity contribution is 6.01. The Kier molecular flexibility index (Phi) is 11.8. The van der Waals surface area contributed by atoms with Crippen LogP contribution in [0.3, 0.4) is 0 Å². The van der Waals surface area contributed by atoms with E-state index in [4.69, 9.17) is 0 Å². The first-order valence-electron chi connectivity index (χ1n) is 10.6. The van der Waals surface area contributed by atoms with E-state index in [9.17, 15) is 22.8 Å². The molecule has 168 valence electrons. The number of unbranched alkanes of at least 4 members (excludes halogenated alkanes) is 8. The minimum Gasteiger partial charge on any atom is -0.318 e. The average molecular weight is 428 g/mol. The van der Waals surface area contributed by atoms with E-state index >= 15 is 0 Å². The van der Waals surface area contributed by atoms with Gasteiger partial charge in [0.25, 0.3) is 0 Å². The van der Waals surface area contributed by atoms with Crippen molar-refractivity contribution >= 4 is 23.2 Å². The van der Waals surface area contributed by atoms with E-state index in [-0.39, 0.29) is 11.6 Å². The van der Waals surface area contributed by atoms with Gasteiger partial charge in [-0.1, -0.05) is 70.4 Å². The van der Waals surface area contributed by atoms with E-state index in [1.807, 2.05) is 0 Å². The molecule has 0 saturated carbocycles. The van der Waals surface area contributed by atoms with Gasteiger partial charge < -0.3 is 5.32 Å². The van der Waals surface area contributed by atoms with Crippen LogP contribution in [-0.2, 0) is 9.59 Å². The molecule has 0 spiro atoms. The maximum Gasteiger partial charge on any atom is 0.471 e. The Morgan fingerprint density at radius 2 is 1.57 bits per heavy atom. The Morgan fingerprint density at radius 3 is 2.17 bits per heavy atom. The fourth-order valence-corrected chi connectivity index (χ4v) is 2.89. The standard InChI is InChI=1S/C22H32F3N3O2/c1-3-4-5-6-7-8-9-10-11-15-20(29)28-27-17(2)18-13-12-14-19(16-18)26-21(30)22(23,24)25/h12-14,16H,3-11,15H2,1-2H3,(H,26,30)(H,28,29). The molecular formula is C22H32F3N3O2. The molecule has 2 N–H and O–H groups in total. The topological polar surface area (TPSA) is 70.6 Å². The summed E-state index contributed by atoms with van der Waals surface area (Å²) in [4.78, 5) is 22.9. The average Bonchev–Trinajstić information content (AvgIpc) is 2.70. The number of alkyl halides is 3. The molecule has 8 heteroatoms. The monoisotopic (exact) mass is 427 g/mol. The van der Waals surface area contributed by atoms with Gasteiger partial charge in [0.2, 0.25) is 5.91 Å². The van der Waals surface area contributed by atoms with Gasteiger partial charge in [0.1, 0.15) is 0 Å². The third-order valence-corrected chi connectivity index (χ3v) is 4.65. The summed E-state index contributed by atoms with van der Waals surface area (Å²) in [6.07, 6.45) is 5.93. The van der Waals surface area contributed by atoms with Crippen LogP contribution in [0.2, 0.25) is 0 Å². The summed E-state index contributed by atoms with van der Waals surface area (Å²) in [7, 11) is 0. The van der Waals surface area contributed by atoms with Crippen LogP contribution in [-0.4, -0.2) is 23.7 Å². The maximum atomic E-state index is 12.4. The fraction of sp³-hybridized carbons (Fsp3) is 0.591. The Bertz CT molecular complexity index is 703. The van der Waals surface area contributed by atoms with Gasteiger partial charge in [0.15, 0.2) is 0 Å². The van der Waals surface area contributed by atoms with E-state index in [1.165, 1.54) is 56.7 Å². The molecule has 0 aliphatic carbocycles. The minimum atomic E-state index is -4.96. The number of anilines is 1. The quantitative estimate of drug-likeness (QED) is 0.232. The largest absolute Gasteiger partial charge is 0.471 e. The number of nitrogens with one attached hydrogen (secondary N) is 2. The molecule has 0 saturated heterocycles. The highest BCUT2D eigenvalue weighted by Crippen LogP contribution is 2.19. The maximum absolute atomic E-state index is 12.4. The third-order valence-electron chi connectivity index (χ3n) is 4.65. The van der Waals surface area contributed by atoms with Gasteiger partial charge >= 0.3 is 12.1 Å². The van der Waals surface area contributed by atoms with Gasteiger partial charge in [0, 0.05) is 12.1 Å². The lowest BCUT2D eigenvalue weighted by Crippen LogP contribution is -2.29. The zero-order chi connectivity index (χ0) is 22.4. The summed E-state index contributed by atoms with van der Waals surface area (Å²) in [5.74, 6) is -2.23. The summed E-state index contributed by atoms with van der Waals surface area (Å²) in [5.41, 5.74) is 3.40. The van der Waals surface area contributed by atoms with E-state index < -0.39 is 12.1 Å². The molecule has 2 amide bonds. The van der Waals surface area contributed by atoms with Crippen LogP contribution in [0.5, 0.6) is 0 Å². The number of hydrogen-bond donors (Lipinski definition) is 2. The number of nitrogens with zero attached hydrogens (tertiary/aromatic N) is 1. The summed E-state index contributed by atoms with van der Waals surface area (Å²) < 4.78 is 37.1. The lowest BCUT2D eigenvalue weighted by molar-refractivity contribution is -0.167. The van der Waals surface area contributed by atoms with Crippen molar-refractivity contribution in [2.24, 2.45) is 5.10 Å². The number of amides is 2. The highest BCUT2D eigenvalue weighted by Gasteiger charge is 2.38. The van der Waals surface area contributed by atoms with Crippen molar-refractivity contribution in [3.8, 4) is 0 Å². The molecule has 0 unspecified atom stereocenters. The molecule has 0 bridgehead atoms. The number of carbonyl (C=O) groups is 2. The van der Waals surface area contributed by atoms with Crippen molar-refractivity contribution in [2.45, 2.75) is 84.2 Å². The SMILES string of the molecule is CCCCCCCCCCCC(=O)NN=C(C)c1cccc(NC(=O)C(F)(F)F)c1. The number of halogens is 3. The van der Waals surface area contributed by atoms with Gasteiger partial charge in [-0.05, 0) is 31.0 Å². The second-order valence-corrected chi connectivity index (χ2v) is 7.34. The van der Waals surface area contributed by atoms with Gasteiger partial charge in [-0.25, -0.2) is 5.43 Å². The Morgan fingerprint density at radius 1 is 0.967 bits per heavy atom. The van der Waals surface area contributed by atoms with E-state index in [1.54, 1.807) is 18.3 Å². The van der Waals surface area contributed by atoms with Crippen molar-refractivity contribution in [3.05, 3.63) is 29.8 Å². The van der Waals surface area contributed by atoms with Crippen molar-refractivity contribution < 1.29 is 22.8 Å². The van der Waals surface area contributed by atoms with Crippen LogP contribution >= 0.6 is 0 Å². The molecule has 30 heavy (non-hydrogen) atoms. The van der Waals surface area contributed by atoms with Crippen LogP contribution in [0.4, 0.5) is 18.9 Å². The summed E-state index contributed by atoms with van der Waals surface area (Å²) >= 11 is 0. The molecule has 0 heterocycles. The molecule has 0 aliphatic rings. The molecule has 0 aliphatic heterocycles. The molecule has 0 aromatic heterocycles. The molecule has 0 fully saturated rings. The second kappa shape index (κ2) is 13.8. The van der Waals surface area contributed by atoms with Crippen LogP contribution in [0.1, 0.15) is 83.6 Å². The van der Waals surface area contributed by atoms with Crippen LogP contribution in [0, 0.1) is 0 Å². The van der Waals surface area contributed by atoms with E-state index in [0.29, 0.717) is 17.7 Å². The first kappa shape index (κ1) is 25.7. The summed E-state index contributed by atoms with van der Waals surface area (Å²) in [6.45, 7) is 3.83. The molecule has 5 nitrogen and oxygen atoms in total. The normalized spacial score (nSPS) is 12.0. The fourth-order valence-electron chi connectivity index (χ4n) is 2.89. The number of hydrogen-bond acceptors (Lipinski definition) is 3. The van der Waals surface area contributed by atoms with Gasteiger partial charge in [-0.3, -0.25) is 9.59 Å². The molecular weight excluding hydrogens is 395 g/mol. The smallest absolute Gasteiger partial charge is 0.318 e. The van der Waals surface area contributed by atoms with Gasteiger partial charge in [0.05, 0.1) is 5.71 Å². The summed E-state index contributed by atoms with van der Waals surface area (Å²) in [6, 6.07) is 5.86. The predicted molar refractivity (Wildman–Crippen MR) is 113 cm³/mol. The van der Waals surface area contributed by atoms with Crippen LogP contribution < -0.4 is 10.7 Å². The zero-order valence-electron chi connectivity index (χ0n) is 17.8. The Balaban J connectivity index is 2.35. The second-order valence-electron chi connectivity index (χ2n) is 7.34. The number of benzene rings is 1. The molecule has 1 aromatic rings. The predicted octanol–water partition coefficient (Wildman–Crippen LogP) is 5.95. The number of carbonyl (C=O) groups excluding carboxylic acids is 2. The molecule has 0 radical (unpaired) electrons. The highest BCUT2D eigenvalue weighted by atomic mass is 19.4. The lowest BCUT2D eigenvalue weighted by Gasteiger charge is -2.09. The summed E-state index contributed by atoms with van der Waals surface area (Å²) in [5, 5.41) is 5.80. The Labute approximate surface area is 176 Å². The van der Waals surface area contributed by atoms with Gasteiger partial charge in [-0.15, -0.1) is 0 Å². The first-order chi connectivity index (χ1) is 14.2. The van der Waals surface area contributed by atoms with Crippen molar-refractivity contribution in [3.63, 3.8) is 0 Å². The Hall–Kier alpha value is -2.38. The minimum absolute atomic E-state index is 0.00500. The van der Waals surface area contributed by atoms with Crippen molar-refractivity contribution in [1.82, 2.24) is 5.43 Å². The van der Waals surface area contributed by atoms with Crippen molar-refractivity contribution in [1.29, 1.82) is 0 Å². The first-order valence-corrected chi connectivity index (χ1v) is 10.6. The molecule has 1 rings (SSSR count). The molecule has 0 atom stereocenters. The van der Waals surface area contributed by atoms with Crippen molar-refractivity contribution in [2.75, 3.05) is 5.32 Å². The van der Waals surface area contributed by atoms with E-state index in [0.717, 1.165) is 19.3 Å². The van der Waals surface area contributed by atoms with E-state index in [2.05, 4.69) is 17.5 Å². The van der Waals surface area contributed by atoms with Crippen LogP contribution in [0.15, 0.2) is 29.4 Å². The zero-order valence-corrected chi connectivity index (χ0v) is 17.8. The number of rotatable bonds is 13. The third kappa shape index (κ3) is 11.0. The van der Waals surface area contributed by atoms with Gasteiger partial charge in [-0.2, -0.15) is 18.3 Å². The lowest BCUT2D eigenvalue weighted by atomic mass is 10.1.